The van der Waals surface area contributed by atoms with Gasteiger partial charge in [-0.1, -0.05) is 18.6 Å². The first-order valence-electron chi connectivity index (χ1n) is 13.1. The van der Waals surface area contributed by atoms with Gasteiger partial charge in [0.25, 0.3) is 0 Å². The Hall–Kier alpha value is -3.61. The van der Waals surface area contributed by atoms with Gasteiger partial charge in [0.05, 0.1) is 6.54 Å². The van der Waals surface area contributed by atoms with Crippen molar-refractivity contribution >= 4 is 17.7 Å². The van der Waals surface area contributed by atoms with Gasteiger partial charge in [-0.05, 0) is 68.7 Å². The Morgan fingerprint density at radius 1 is 0.927 bits per heavy atom. The van der Waals surface area contributed by atoms with Gasteiger partial charge in [-0.15, -0.1) is 13.2 Å². The smallest absolute Gasteiger partial charge is 0.492 e. The van der Waals surface area contributed by atoms with Crippen molar-refractivity contribution in [1.29, 1.82) is 0 Å². The summed E-state index contributed by atoms with van der Waals surface area (Å²) in [6, 6.07) is 10.9. The lowest BCUT2D eigenvalue weighted by molar-refractivity contribution is -0.274. The van der Waals surface area contributed by atoms with Crippen LogP contribution >= 0.6 is 0 Å². The zero-order chi connectivity index (χ0) is 30.5. The van der Waals surface area contributed by atoms with Crippen LogP contribution in [0.3, 0.4) is 0 Å². The minimum absolute atomic E-state index is 0.0921. The van der Waals surface area contributed by atoms with E-state index in [0.717, 1.165) is 24.6 Å². The predicted octanol–water partition coefficient (Wildman–Crippen LogP) is 6.75. The van der Waals surface area contributed by atoms with Crippen molar-refractivity contribution in [3.63, 3.8) is 0 Å². The molecule has 0 radical (unpaired) electrons. The van der Waals surface area contributed by atoms with Gasteiger partial charge in [0.1, 0.15) is 18.1 Å². The van der Waals surface area contributed by atoms with Crippen LogP contribution in [-0.2, 0) is 16.0 Å². The normalized spacial score (nSPS) is 12.5. The first-order valence-corrected chi connectivity index (χ1v) is 13.1. The second-order valence-corrected chi connectivity index (χ2v) is 9.35. The van der Waals surface area contributed by atoms with Crippen LogP contribution < -0.4 is 14.8 Å². The van der Waals surface area contributed by atoms with Crippen LogP contribution in [0, 0.1) is 0 Å². The van der Waals surface area contributed by atoms with Gasteiger partial charge >= 0.3 is 18.4 Å². The molecular weight excluding hydrogens is 555 g/mol. The highest BCUT2D eigenvalue weighted by molar-refractivity contribution is 5.89. The number of carboxylic acids is 1. The van der Waals surface area contributed by atoms with Crippen molar-refractivity contribution in [2.75, 3.05) is 31.6 Å². The van der Waals surface area contributed by atoms with Crippen LogP contribution in [0.2, 0.25) is 0 Å². The Bertz CT molecular complexity index is 1080. The number of aliphatic carboxylic acids is 1. The Labute approximate surface area is 235 Å². The number of urea groups is 1. The Kier molecular flexibility index (Phi) is 13.1. The van der Waals surface area contributed by atoms with Crippen LogP contribution in [0.15, 0.2) is 48.5 Å². The molecule has 0 spiro atoms. The van der Waals surface area contributed by atoms with E-state index in [2.05, 4.69) is 10.1 Å². The van der Waals surface area contributed by atoms with E-state index < -0.39 is 36.1 Å². The molecule has 41 heavy (non-hydrogen) atoms. The number of rotatable bonds is 17. The summed E-state index contributed by atoms with van der Waals surface area (Å²) in [5.74, 6) is -3.77. The van der Waals surface area contributed by atoms with Crippen molar-refractivity contribution in [1.82, 2.24) is 4.90 Å². The first kappa shape index (κ1) is 33.6. The molecule has 1 atom stereocenters. The van der Waals surface area contributed by atoms with Gasteiger partial charge in [-0.25, -0.2) is 18.4 Å². The fourth-order valence-electron chi connectivity index (χ4n) is 3.80. The summed E-state index contributed by atoms with van der Waals surface area (Å²) in [5.41, 5.74) is 0.979. The molecule has 8 nitrogen and oxygen atoms in total. The number of carbonyl (C=O) groups excluding carboxylic acids is 1. The van der Waals surface area contributed by atoms with Crippen LogP contribution in [0.4, 0.5) is 32.4 Å². The number of unbranched alkanes of at least 4 members (excludes halogenated alkanes) is 2. The molecule has 2 aromatic rings. The van der Waals surface area contributed by atoms with E-state index in [-0.39, 0.29) is 51.3 Å². The molecule has 13 heteroatoms. The molecule has 0 aliphatic rings. The molecule has 2 rings (SSSR count). The number of alkyl halides is 5. The van der Waals surface area contributed by atoms with Gasteiger partial charge < -0.3 is 29.5 Å². The standard InChI is InChI=1S/C28H35F5N2O6/c1-3-39-24(25(36)37)19-20-7-11-22(12-8-20)40-18-17-35(16-6-4-5-15-27(2,29)30)26(38)34-21-9-13-23(14-10-21)41-28(31,32)33/h7-14,24H,3-6,15-19H2,1-2H3,(H,34,38)(H,36,37). The summed E-state index contributed by atoms with van der Waals surface area (Å²) >= 11 is 0. The predicted molar refractivity (Wildman–Crippen MR) is 141 cm³/mol. The maximum Gasteiger partial charge on any atom is 0.573 e. The van der Waals surface area contributed by atoms with Gasteiger partial charge in [0.15, 0.2) is 6.10 Å². The Morgan fingerprint density at radius 3 is 2.12 bits per heavy atom. The van der Waals surface area contributed by atoms with E-state index in [1.54, 1.807) is 31.2 Å². The number of hydrogen-bond acceptors (Lipinski definition) is 5. The highest BCUT2D eigenvalue weighted by atomic mass is 19.4. The average molecular weight is 591 g/mol. The van der Waals surface area contributed by atoms with Crippen LogP contribution in [0.25, 0.3) is 0 Å². The van der Waals surface area contributed by atoms with Crippen LogP contribution in [-0.4, -0.2) is 66.7 Å². The number of carbonyl (C=O) groups is 2. The summed E-state index contributed by atoms with van der Waals surface area (Å²) in [4.78, 5) is 25.6. The second kappa shape index (κ2) is 16.0. The first-order chi connectivity index (χ1) is 19.3. The quantitative estimate of drug-likeness (QED) is 0.156. The number of halogens is 5. The van der Waals surface area contributed by atoms with Crippen molar-refractivity contribution < 1.29 is 50.9 Å². The maximum absolute atomic E-state index is 13.1. The Balaban J connectivity index is 1.95. The largest absolute Gasteiger partial charge is 0.573 e. The number of nitrogens with zero attached hydrogens (tertiary/aromatic N) is 1. The van der Waals surface area contributed by atoms with Gasteiger partial charge in [-0.2, -0.15) is 0 Å². The summed E-state index contributed by atoms with van der Waals surface area (Å²) in [6.45, 7) is 3.30. The van der Waals surface area contributed by atoms with Crippen molar-refractivity contribution in [2.24, 2.45) is 0 Å². The highest BCUT2D eigenvalue weighted by Gasteiger charge is 2.31. The lowest BCUT2D eigenvalue weighted by atomic mass is 10.1. The number of anilines is 1. The van der Waals surface area contributed by atoms with Crippen LogP contribution in [0.5, 0.6) is 11.5 Å². The minimum atomic E-state index is -4.84. The van der Waals surface area contributed by atoms with Gasteiger partial charge in [-0.3, -0.25) is 0 Å². The lowest BCUT2D eigenvalue weighted by Gasteiger charge is -2.23. The number of amides is 2. The Morgan fingerprint density at radius 2 is 1.56 bits per heavy atom. The molecule has 0 fully saturated rings. The monoisotopic (exact) mass is 590 g/mol. The molecular formula is C28H35F5N2O6. The molecule has 0 heterocycles. The molecule has 0 aliphatic heterocycles. The fraction of sp³-hybridized carbons (Fsp3) is 0.500. The number of nitrogens with one attached hydrogen (secondary N) is 1. The van der Waals surface area contributed by atoms with Crippen molar-refractivity contribution in [3.05, 3.63) is 54.1 Å². The average Bonchev–Trinajstić information content (AvgIpc) is 2.87. The summed E-state index contributed by atoms with van der Waals surface area (Å²) in [7, 11) is 0. The lowest BCUT2D eigenvalue weighted by Crippen LogP contribution is -2.38. The topological polar surface area (TPSA) is 97.3 Å². The summed E-state index contributed by atoms with van der Waals surface area (Å²) in [5, 5.41) is 11.8. The van der Waals surface area contributed by atoms with E-state index in [1.165, 1.54) is 17.0 Å². The fourth-order valence-corrected chi connectivity index (χ4v) is 3.80. The second-order valence-electron chi connectivity index (χ2n) is 9.35. The number of carboxylic acid groups (broad SMARTS) is 1. The van der Waals surface area contributed by atoms with E-state index in [4.69, 9.17) is 9.47 Å². The molecule has 2 N–H and O–H groups in total. The molecule has 0 bridgehead atoms. The third-order valence-electron chi connectivity index (χ3n) is 5.79. The number of hydrogen-bond donors (Lipinski definition) is 2. The van der Waals surface area contributed by atoms with Crippen molar-refractivity contribution in [2.45, 2.75) is 64.3 Å². The highest BCUT2D eigenvalue weighted by Crippen LogP contribution is 2.24. The van der Waals surface area contributed by atoms with Crippen LogP contribution in [0.1, 0.15) is 45.1 Å². The minimum Gasteiger partial charge on any atom is -0.492 e. The third kappa shape index (κ3) is 14.0. The maximum atomic E-state index is 13.1. The third-order valence-corrected chi connectivity index (χ3v) is 5.79. The van der Waals surface area contributed by atoms with Crippen molar-refractivity contribution in [3.8, 4) is 11.5 Å². The van der Waals surface area contributed by atoms with E-state index in [1.807, 2.05) is 0 Å². The molecule has 2 amide bonds. The summed E-state index contributed by atoms with van der Waals surface area (Å²) < 4.78 is 78.1. The molecule has 0 aliphatic carbocycles. The van der Waals surface area contributed by atoms with Gasteiger partial charge in [0.2, 0.25) is 5.92 Å². The zero-order valence-corrected chi connectivity index (χ0v) is 22.9. The van der Waals surface area contributed by atoms with Gasteiger partial charge in [0, 0.05) is 31.7 Å². The molecule has 0 saturated heterocycles. The summed E-state index contributed by atoms with van der Waals surface area (Å²) in [6.07, 6.45) is -4.66. The molecule has 0 aromatic heterocycles. The van der Waals surface area contributed by atoms with E-state index in [0.29, 0.717) is 18.6 Å². The molecule has 0 saturated carbocycles. The molecule has 1 unspecified atom stereocenters. The SMILES string of the molecule is CCOC(Cc1ccc(OCCN(CCCCCC(C)(F)F)C(=O)Nc2ccc(OC(F)(F)F)cc2)cc1)C(=O)O. The number of benzene rings is 2. The zero-order valence-electron chi connectivity index (χ0n) is 22.9. The van der Waals surface area contributed by atoms with E-state index in [9.17, 15) is 36.6 Å². The van der Waals surface area contributed by atoms with E-state index >= 15 is 0 Å². The molecule has 228 valence electrons. The number of ether oxygens (including phenoxy) is 3. The molecule has 2 aromatic carbocycles.